The number of halogens is 1. The molecule has 2 atom stereocenters. The van der Waals surface area contributed by atoms with Crippen LogP contribution in [-0.4, -0.2) is 52.8 Å². The molecule has 1 aromatic rings. The normalized spacial score (nSPS) is 17.8. The van der Waals surface area contributed by atoms with Gasteiger partial charge < -0.3 is 19.8 Å². The number of aliphatic carboxylic acids is 1. The number of carbonyl (C=O) groups is 2. The van der Waals surface area contributed by atoms with E-state index in [1.54, 1.807) is 12.1 Å². The molecule has 1 amide bonds. The molecule has 0 aliphatic carbocycles. The van der Waals surface area contributed by atoms with E-state index in [-0.39, 0.29) is 30.6 Å². The summed E-state index contributed by atoms with van der Waals surface area (Å²) in [6.07, 6.45) is 6.62. The number of rotatable bonds is 13. The van der Waals surface area contributed by atoms with Gasteiger partial charge in [-0.1, -0.05) is 18.9 Å². The number of unbranched alkanes of at least 4 members (excludes halogenated alkanes) is 3. The standard InChI is InChI=1S/C23H34FNO5/c1-30-20-13-10-17(21(24)16-20)15-19(26)12-11-18-7-6-8-22(27)25(18)14-5-3-2-4-9-23(28)29/h10,13,16,18-19,26H,2-9,11-12,14-15H2,1H3,(H,28,29)/t18-,19?/m1/s1. The average Bonchev–Trinajstić information content (AvgIpc) is 2.71. The van der Waals surface area contributed by atoms with Crippen molar-refractivity contribution in [1.29, 1.82) is 0 Å². The molecule has 6 nitrogen and oxygen atoms in total. The summed E-state index contributed by atoms with van der Waals surface area (Å²) in [6.45, 7) is 0.680. The number of carboxylic acids is 1. The molecule has 0 saturated carbocycles. The number of methoxy groups -OCH3 is 1. The van der Waals surface area contributed by atoms with Gasteiger partial charge in [0.1, 0.15) is 11.6 Å². The second-order valence-corrected chi connectivity index (χ2v) is 8.08. The van der Waals surface area contributed by atoms with E-state index in [1.165, 1.54) is 13.2 Å². The summed E-state index contributed by atoms with van der Waals surface area (Å²) in [4.78, 5) is 24.9. The fraction of sp³-hybridized carbons (Fsp3) is 0.652. The van der Waals surface area contributed by atoms with Crippen LogP contribution in [-0.2, 0) is 16.0 Å². The van der Waals surface area contributed by atoms with Crippen molar-refractivity contribution in [3.8, 4) is 5.75 Å². The van der Waals surface area contributed by atoms with Crippen LogP contribution in [0, 0.1) is 5.82 Å². The van der Waals surface area contributed by atoms with Crippen molar-refractivity contribution in [3.05, 3.63) is 29.6 Å². The highest BCUT2D eigenvalue weighted by Crippen LogP contribution is 2.25. The first kappa shape index (κ1) is 24.1. The van der Waals surface area contributed by atoms with Crippen molar-refractivity contribution in [2.24, 2.45) is 0 Å². The van der Waals surface area contributed by atoms with E-state index < -0.39 is 12.1 Å². The fourth-order valence-corrected chi connectivity index (χ4v) is 4.07. The van der Waals surface area contributed by atoms with E-state index in [2.05, 4.69) is 0 Å². The summed E-state index contributed by atoms with van der Waals surface area (Å²) in [7, 11) is 1.48. The maximum atomic E-state index is 14.1. The van der Waals surface area contributed by atoms with Crippen molar-refractivity contribution < 1.29 is 28.9 Å². The molecule has 2 rings (SSSR count). The van der Waals surface area contributed by atoms with E-state index in [0.29, 0.717) is 43.5 Å². The molecule has 0 aromatic heterocycles. The molecular formula is C23H34FNO5. The molecule has 1 aliphatic heterocycles. The Kier molecular flexibility index (Phi) is 10.1. The molecule has 0 radical (unpaired) electrons. The Morgan fingerprint density at radius 2 is 2.07 bits per heavy atom. The van der Waals surface area contributed by atoms with Crippen LogP contribution in [0.4, 0.5) is 4.39 Å². The molecule has 7 heteroatoms. The van der Waals surface area contributed by atoms with Gasteiger partial charge in [0.25, 0.3) is 0 Å². The van der Waals surface area contributed by atoms with E-state index >= 15 is 0 Å². The second kappa shape index (κ2) is 12.5. The predicted octanol–water partition coefficient (Wildman–Crippen LogP) is 3.93. The Hall–Kier alpha value is -2.15. The maximum Gasteiger partial charge on any atom is 0.303 e. The van der Waals surface area contributed by atoms with Gasteiger partial charge in [0.05, 0.1) is 13.2 Å². The SMILES string of the molecule is COc1ccc(CC(O)CC[C@H]2CCCC(=O)N2CCCCCCC(=O)O)c(F)c1. The summed E-state index contributed by atoms with van der Waals surface area (Å²) in [5.74, 6) is -0.544. The zero-order valence-electron chi connectivity index (χ0n) is 17.8. The third-order valence-electron chi connectivity index (χ3n) is 5.78. The number of benzene rings is 1. The minimum atomic E-state index is -0.769. The molecule has 1 aromatic carbocycles. The van der Waals surface area contributed by atoms with Crippen LogP contribution < -0.4 is 4.74 Å². The predicted molar refractivity (Wildman–Crippen MR) is 112 cm³/mol. The smallest absolute Gasteiger partial charge is 0.303 e. The minimum Gasteiger partial charge on any atom is -0.497 e. The first-order chi connectivity index (χ1) is 14.4. The van der Waals surface area contributed by atoms with Crippen LogP contribution in [0.1, 0.15) is 69.8 Å². The highest BCUT2D eigenvalue weighted by atomic mass is 19.1. The first-order valence-electron chi connectivity index (χ1n) is 10.9. The number of aliphatic hydroxyl groups excluding tert-OH is 1. The van der Waals surface area contributed by atoms with Gasteiger partial charge in [0, 0.05) is 37.9 Å². The van der Waals surface area contributed by atoms with Crippen LogP contribution in [0.3, 0.4) is 0 Å². The molecular weight excluding hydrogens is 389 g/mol. The van der Waals surface area contributed by atoms with Gasteiger partial charge in [-0.05, 0) is 50.2 Å². The number of ether oxygens (including phenoxy) is 1. The number of hydrogen-bond donors (Lipinski definition) is 2. The lowest BCUT2D eigenvalue weighted by atomic mass is 9.94. The summed E-state index contributed by atoms with van der Waals surface area (Å²) >= 11 is 0. The number of nitrogens with zero attached hydrogens (tertiary/aromatic N) is 1. The van der Waals surface area contributed by atoms with Gasteiger partial charge in [-0.15, -0.1) is 0 Å². The van der Waals surface area contributed by atoms with Gasteiger partial charge in [-0.25, -0.2) is 4.39 Å². The molecule has 1 saturated heterocycles. The number of amides is 1. The summed E-state index contributed by atoms with van der Waals surface area (Å²) in [5.41, 5.74) is 0.459. The number of carboxylic acid groups (broad SMARTS) is 1. The van der Waals surface area contributed by atoms with Crippen molar-refractivity contribution in [3.63, 3.8) is 0 Å². The quantitative estimate of drug-likeness (QED) is 0.470. The van der Waals surface area contributed by atoms with E-state index in [4.69, 9.17) is 9.84 Å². The maximum absolute atomic E-state index is 14.1. The van der Waals surface area contributed by atoms with Crippen LogP contribution in [0.15, 0.2) is 18.2 Å². The third kappa shape index (κ3) is 7.94. The third-order valence-corrected chi connectivity index (χ3v) is 5.78. The largest absolute Gasteiger partial charge is 0.497 e. The van der Waals surface area contributed by atoms with E-state index in [1.807, 2.05) is 4.90 Å². The van der Waals surface area contributed by atoms with Crippen LogP contribution >= 0.6 is 0 Å². The Morgan fingerprint density at radius 3 is 2.77 bits per heavy atom. The van der Waals surface area contributed by atoms with Gasteiger partial charge in [0.2, 0.25) is 5.91 Å². The lowest BCUT2D eigenvalue weighted by Gasteiger charge is -2.36. The highest BCUT2D eigenvalue weighted by molar-refractivity contribution is 5.77. The number of aliphatic hydroxyl groups is 1. The van der Waals surface area contributed by atoms with Crippen molar-refractivity contribution in [1.82, 2.24) is 4.90 Å². The van der Waals surface area contributed by atoms with Crippen molar-refractivity contribution >= 4 is 11.9 Å². The Balaban J connectivity index is 1.78. The number of hydrogen-bond acceptors (Lipinski definition) is 4. The lowest BCUT2D eigenvalue weighted by Crippen LogP contribution is -2.44. The zero-order chi connectivity index (χ0) is 21.9. The topological polar surface area (TPSA) is 87.1 Å². The average molecular weight is 424 g/mol. The summed E-state index contributed by atoms with van der Waals surface area (Å²) < 4.78 is 19.1. The van der Waals surface area contributed by atoms with Gasteiger partial charge >= 0.3 is 5.97 Å². The summed E-state index contributed by atoms with van der Waals surface area (Å²) in [5, 5.41) is 19.1. The van der Waals surface area contributed by atoms with Gasteiger partial charge in [-0.3, -0.25) is 9.59 Å². The molecule has 30 heavy (non-hydrogen) atoms. The van der Waals surface area contributed by atoms with Crippen molar-refractivity contribution in [2.45, 2.75) is 82.8 Å². The zero-order valence-corrected chi connectivity index (χ0v) is 17.8. The van der Waals surface area contributed by atoms with Crippen molar-refractivity contribution in [2.75, 3.05) is 13.7 Å². The second-order valence-electron chi connectivity index (χ2n) is 8.08. The van der Waals surface area contributed by atoms with Crippen LogP contribution in [0.2, 0.25) is 0 Å². The first-order valence-corrected chi connectivity index (χ1v) is 10.9. The van der Waals surface area contributed by atoms with Gasteiger partial charge in [0.15, 0.2) is 0 Å². The Morgan fingerprint density at radius 1 is 1.30 bits per heavy atom. The fourth-order valence-electron chi connectivity index (χ4n) is 4.07. The van der Waals surface area contributed by atoms with Crippen LogP contribution in [0.25, 0.3) is 0 Å². The monoisotopic (exact) mass is 423 g/mol. The van der Waals surface area contributed by atoms with Gasteiger partial charge in [-0.2, -0.15) is 0 Å². The molecule has 2 N–H and O–H groups in total. The molecule has 1 aliphatic rings. The Labute approximate surface area is 178 Å². The summed E-state index contributed by atoms with van der Waals surface area (Å²) in [6, 6.07) is 4.75. The van der Waals surface area contributed by atoms with E-state index in [9.17, 15) is 19.1 Å². The molecule has 1 unspecified atom stereocenters. The minimum absolute atomic E-state index is 0.112. The number of likely N-dealkylation sites (tertiary alicyclic amines) is 1. The molecule has 1 fully saturated rings. The molecule has 0 bridgehead atoms. The Bertz CT molecular complexity index is 696. The van der Waals surface area contributed by atoms with Crippen LogP contribution in [0.5, 0.6) is 5.75 Å². The van der Waals surface area contributed by atoms with E-state index in [0.717, 1.165) is 32.1 Å². The molecule has 0 spiro atoms. The molecule has 1 heterocycles. The lowest BCUT2D eigenvalue weighted by molar-refractivity contribution is -0.137. The highest BCUT2D eigenvalue weighted by Gasteiger charge is 2.27. The molecule has 168 valence electrons. The number of piperidine rings is 1. The number of carbonyl (C=O) groups excluding carboxylic acids is 1.